The Bertz CT molecular complexity index is 209. The summed E-state index contributed by atoms with van der Waals surface area (Å²) in [5, 5.41) is 3.67. The van der Waals surface area contributed by atoms with Crippen LogP contribution in [0.15, 0.2) is 12.7 Å². The van der Waals surface area contributed by atoms with Crippen molar-refractivity contribution in [3.05, 3.63) is 12.7 Å². The molecule has 1 N–H and O–H groups in total. The smallest absolute Gasteiger partial charge is 0.0471 e. The second-order valence-corrected chi connectivity index (χ2v) is 5.59. The Hall–Kier alpha value is -0.340. The lowest BCUT2D eigenvalue weighted by Gasteiger charge is -2.35. The number of hydrogen-bond donors (Lipinski definition) is 1. The Morgan fingerprint density at radius 2 is 2.00 bits per heavy atom. The van der Waals surface area contributed by atoms with Crippen molar-refractivity contribution in [1.29, 1.82) is 0 Å². The topological polar surface area (TPSA) is 21.3 Å². The van der Waals surface area contributed by atoms with Crippen molar-refractivity contribution in [2.75, 3.05) is 19.8 Å². The standard InChI is InChI=1S/C14H27NO/c1-5-6-12(2)13(3)15-11-14(4)7-9-16-10-8-14/h5,12-13,15H,1,6-11H2,2-4H3. The van der Waals surface area contributed by atoms with Crippen LogP contribution in [0.1, 0.15) is 40.0 Å². The molecule has 0 aromatic rings. The van der Waals surface area contributed by atoms with E-state index in [2.05, 4.69) is 32.7 Å². The van der Waals surface area contributed by atoms with E-state index in [9.17, 15) is 0 Å². The van der Waals surface area contributed by atoms with E-state index in [0.717, 1.165) is 26.2 Å². The van der Waals surface area contributed by atoms with E-state index >= 15 is 0 Å². The van der Waals surface area contributed by atoms with Crippen molar-refractivity contribution in [1.82, 2.24) is 5.32 Å². The molecule has 0 amide bonds. The number of hydrogen-bond acceptors (Lipinski definition) is 2. The van der Waals surface area contributed by atoms with Gasteiger partial charge in [0.25, 0.3) is 0 Å². The van der Waals surface area contributed by atoms with Crippen LogP contribution in [0.3, 0.4) is 0 Å². The average molecular weight is 225 g/mol. The summed E-state index contributed by atoms with van der Waals surface area (Å²) in [4.78, 5) is 0. The number of nitrogens with one attached hydrogen (secondary N) is 1. The van der Waals surface area contributed by atoms with E-state index < -0.39 is 0 Å². The van der Waals surface area contributed by atoms with Gasteiger partial charge in [-0.2, -0.15) is 0 Å². The van der Waals surface area contributed by atoms with Crippen LogP contribution in [0.25, 0.3) is 0 Å². The van der Waals surface area contributed by atoms with Crippen molar-refractivity contribution in [3.8, 4) is 0 Å². The first-order chi connectivity index (χ1) is 7.57. The fourth-order valence-corrected chi connectivity index (χ4v) is 2.12. The van der Waals surface area contributed by atoms with Crippen LogP contribution >= 0.6 is 0 Å². The molecule has 1 rings (SSSR count). The van der Waals surface area contributed by atoms with Gasteiger partial charge in [-0.1, -0.05) is 19.9 Å². The molecule has 0 spiro atoms. The highest BCUT2D eigenvalue weighted by atomic mass is 16.5. The molecule has 0 aromatic carbocycles. The Morgan fingerprint density at radius 3 is 2.56 bits per heavy atom. The van der Waals surface area contributed by atoms with Crippen LogP contribution in [-0.2, 0) is 4.74 Å². The van der Waals surface area contributed by atoms with Gasteiger partial charge in [0.05, 0.1) is 0 Å². The van der Waals surface area contributed by atoms with Crippen molar-refractivity contribution in [3.63, 3.8) is 0 Å². The molecular formula is C14H27NO. The predicted molar refractivity (Wildman–Crippen MR) is 69.6 cm³/mol. The first kappa shape index (κ1) is 13.7. The van der Waals surface area contributed by atoms with E-state index in [0.29, 0.717) is 17.4 Å². The molecule has 16 heavy (non-hydrogen) atoms. The Morgan fingerprint density at radius 1 is 1.38 bits per heavy atom. The van der Waals surface area contributed by atoms with Crippen LogP contribution < -0.4 is 5.32 Å². The molecular weight excluding hydrogens is 198 g/mol. The zero-order valence-electron chi connectivity index (χ0n) is 11.1. The molecule has 0 aliphatic carbocycles. The van der Waals surface area contributed by atoms with Crippen LogP contribution in [-0.4, -0.2) is 25.8 Å². The molecule has 2 unspecified atom stereocenters. The van der Waals surface area contributed by atoms with E-state index in [-0.39, 0.29) is 0 Å². The quantitative estimate of drug-likeness (QED) is 0.702. The minimum atomic E-state index is 0.431. The minimum Gasteiger partial charge on any atom is -0.381 e. The molecule has 0 aromatic heterocycles. The highest BCUT2D eigenvalue weighted by molar-refractivity contribution is 4.83. The van der Waals surface area contributed by atoms with Gasteiger partial charge in [-0.05, 0) is 37.5 Å². The molecule has 1 aliphatic rings. The molecule has 2 atom stereocenters. The Labute approximate surface area is 100 Å². The van der Waals surface area contributed by atoms with Gasteiger partial charge in [0.15, 0.2) is 0 Å². The van der Waals surface area contributed by atoms with Gasteiger partial charge in [0.2, 0.25) is 0 Å². The third kappa shape index (κ3) is 4.26. The van der Waals surface area contributed by atoms with Gasteiger partial charge in [-0.25, -0.2) is 0 Å². The summed E-state index contributed by atoms with van der Waals surface area (Å²) in [6.07, 6.45) is 5.47. The maximum atomic E-state index is 5.42. The summed E-state index contributed by atoms with van der Waals surface area (Å²) in [5.74, 6) is 0.668. The first-order valence-corrected chi connectivity index (χ1v) is 6.49. The Balaban J connectivity index is 2.29. The summed E-state index contributed by atoms with van der Waals surface area (Å²) in [6.45, 7) is 13.7. The summed E-state index contributed by atoms with van der Waals surface area (Å²) in [6, 6.07) is 0.567. The van der Waals surface area contributed by atoms with E-state index in [1.165, 1.54) is 12.8 Å². The average Bonchev–Trinajstić information content (AvgIpc) is 2.27. The molecule has 1 aliphatic heterocycles. The van der Waals surface area contributed by atoms with Gasteiger partial charge in [-0.15, -0.1) is 6.58 Å². The first-order valence-electron chi connectivity index (χ1n) is 6.49. The molecule has 2 heteroatoms. The van der Waals surface area contributed by atoms with E-state index in [4.69, 9.17) is 4.74 Å². The molecule has 0 radical (unpaired) electrons. The molecule has 1 heterocycles. The molecule has 1 saturated heterocycles. The summed E-state index contributed by atoms with van der Waals surface area (Å²) in [5.41, 5.74) is 0.431. The number of rotatable bonds is 6. The third-order valence-electron chi connectivity index (χ3n) is 3.94. The molecule has 1 fully saturated rings. The van der Waals surface area contributed by atoms with Gasteiger partial charge in [-0.3, -0.25) is 0 Å². The van der Waals surface area contributed by atoms with Crippen LogP contribution in [0, 0.1) is 11.3 Å². The third-order valence-corrected chi connectivity index (χ3v) is 3.94. The zero-order chi connectivity index (χ0) is 12.0. The molecule has 0 saturated carbocycles. The fourth-order valence-electron chi connectivity index (χ4n) is 2.12. The van der Waals surface area contributed by atoms with Crippen LogP contribution in [0.4, 0.5) is 0 Å². The SMILES string of the molecule is C=CCC(C)C(C)NCC1(C)CCOCC1. The van der Waals surface area contributed by atoms with E-state index in [1.807, 2.05) is 6.08 Å². The molecule has 94 valence electrons. The summed E-state index contributed by atoms with van der Waals surface area (Å²) >= 11 is 0. The van der Waals surface area contributed by atoms with Crippen molar-refractivity contribution in [2.24, 2.45) is 11.3 Å². The van der Waals surface area contributed by atoms with Crippen LogP contribution in [0.5, 0.6) is 0 Å². The van der Waals surface area contributed by atoms with Gasteiger partial charge in [0, 0.05) is 25.8 Å². The lowest BCUT2D eigenvalue weighted by atomic mass is 9.82. The minimum absolute atomic E-state index is 0.431. The second kappa shape index (κ2) is 6.41. The lowest BCUT2D eigenvalue weighted by Crippen LogP contribution is -2.42. The number of ether oxygens (including phenoxy) is 1. The van der Waals surface area contributed by atoms with Crippen molar-refractivity contribution < 1.29 is 4.74 Å². The van der Waals surface area contributed by atoms with Crippen LogP contribution in [0.2, 0.25) is 0 Å². The highest BCUT2D eigenvalue weighted by Gasteiger charge is 2.27. The van der Waals surface area contributed by atoms with Crippen molar-refractivity contribution in [2.45, 2.75) is 46.1 Å². The highest BCUT2D eigenvalue weighted by Crippen LogP contribution is 2.29. The van der Waals surface area contributed by atoms with Gasteiger partial charge in [0.1, 0.15) is 0 Å². The maximum Gasteiger partial charge on any atom is 0.0471 e. The van der Waals surface area contributed by atoms with Crippen molar-refractivity contribution >= 4 is 0 Å². The lowest BCUT2D eigenvalue weighted by molar-refractivity contribution is 0.0224. The fraction of sp³-hybridized carbons (Fsp3) is 0.857. The Kier molecular flexibility index (Phi) is 5.50. The monoisotopic (exact) mass is 225 g/mol. The van der Waals surface area contributed by atoms with Gasteiger partial charge >= 0.3 is 0 Å². The predicted octanol–water partition coefficient (Wildman–Crippen LogP) is 2.99. The number of allylic oxidation sites excluding steroid dienone is 1. The van der Waals surface area contributed by atoms with Gasteiger partial charge < -0.3 is 10.1 Å². The largest absolute Gasteiger partial charge is 0.381 e. The summed E-state index contributed by atoms with van der Waals surface area (Å²) in [7, 11) is 0. The normalized spacial score (nSPS) is 23.7. The zero-order valence-corrected chi connectivity index (χ0v) is 11.1. The molecule has 0 bridgehead atoms. The summed E-state index contributed by atoms with van der Waals surface area (Å²) < 4.78 is 5.42. The second-order valence-electron chi connectivity index (χ2n) is 5.59. The maximum absolute atomic E-state index is 5.42. The molecule has 2 nitrogen and oxygen atoms in total. The van der Waals surface area contributed by atoms with E-state index in [1.54, 1.807) is 0 Å².